The van der Waals surface area contributed by atoms with Crippen LogP contribution in [0.2, 0.25) is 0 Å². The Morgan fingerprint density at radius 2 is 2.08 bits per heavy atom. The number of nitrogens with zero attached hydrogens (tertiary/aromatic N) is 4. The maximum Gasteiger partial charge on any atom is 0.253 e. The molecule has 0 aliphatic rings. The van der Waals surface area contributed by atoms with Crippen LogP contribution in [0.5, 0.6) is 5.88 Å². The summed E-state index contributed by atoms with van der Waals surface area (Å²) in [5.41, 5.74) is -0.348. The van der Waals surface area contributed by atoms with Crippen LogP contribution in [0.4, 0.5) is 0 Å². The molecule has 8 heteroatoms. The zero-order chi connectivity index (χ0) is 18.6. The predicted octanol–water partition coefficient (Wildman–Crippen LogP) is 1.98. The van der Waals surface area contributed by atoms with E-state index in [9.17, 15) is 4.79 Å². The Labute approximate surface area is 147 Å². The molecule has 2 heterocycles. The summed E-state index contributed by atoms with van der Waals surface area (Å²) in [6, 6.07) is 3.34. The normalized spacial score (nSPS) is 11.8. The number of amides is 1. The molecule has 0 spiro atoms. The third-order valence-electron chi connectivity index (χ3n) is 3.26. The minimum Gasteiger partial charge on any atom is -0.475 e. The zero-order valence-electron chi connectivity index (χ0n) is 15.5. The molecular formula is C17H25N5O3. The first kappa shape index (κ1) is 18.9. The molecule has 2 aromatic heterocycles. The van der Waals surface area contributed by atoms with Crippen molar-refractivity contribution in [3.8, 4) is 5.88 Å². The van der Waals surface area contributed by atoms with Gasteiger partial charge in [-0.25, -0.2) is 4.98 Å². The van der Waals surface area contributed by atoms with E-state index in [-0.39, 0.29) is 12.0 Å². The van der Waals surface area contributed by atoms with Crippen LogP contribution < -0.4 is 10.1 Å². The van der Waals surface area contributed by atoms with Gasteiger partial charge in [-0.15, -0.1) is 0 Å². The summed E-state index contributed by atoms with van der Waals surface area (Å²) < 4.78 is 10.7. The fourth-order valence-electron chi connectivity index (χ4n) is 2.08. The molecule has 0 bridgehead atoms. The second-order valence-corrected chi connectivity index (χ2v) is 6.88. The van der Waals surface area contributed by atoms with Crippen LogP contribution in [-0.2, 0) is 12.1 Å². The average Bonchev–Trinajstić information content (AvgIpc) is 2.95. The zero-order valence-corrected chi connectivity index (χ0v) is 15.5. The topological polar surface area (TPSA) is 93.4 Å². The van der Waals surface area contributed by atoms with Gasteiger partial charge >= 0.3 is 0 Å². The van der Waals surface area contributed by atoms with Gasteiger partial charge in [0.1, 0.15) is 0 Å². The summed E-state index contributed by atoms with van der Waals surface area (Å²) in [5.74, 6) is 1.13. The number of nitrogens with one attached hydrogen (secondary N) is 1. The smallest absolute Gasteiger partial charge is 0.253 e. The number of pyridine rings is 1. The van der Waals surface area contributed by atoms with Gasteiger partial charge in [-0.05, 0) is 47.9 Å². The molecule has 0 saturated carbocycles. The lowest BCUT2D eigenvalue weighted by molar-refractivity contribution is 0.0907. The Morgan fingerprint density at radius 1 is 1.36 bits per heavy atom. The van der Waals surface area contributed by atoms with Crippen molar-refractivity contribution in [2.45, 2.75) is 45.9 Å². The van der Waals surface area contributed by atoms with Gasteiger partial charge in [0, 0.05) is 12.3 Å². The SMILES string of the molecule is CC(C)Oc1ccc(C(=O)NC(C)(C)c2noc(CN(C)C)n2)cn1. The van der Waals surface area contributed by atoms with Crippen molar-refractivity contribution in [2.24, 2.45) is 0 Å². The molecule has 0 aromatic carbocycles. The van der Waals surface area contributed by atoms with E-state index >= 15 is 0 Å². The van der Waals surface area contributed by atoms with E-state index in [0.29, 0.717) is 29.7 Å². The molecule has 1 N–H and O–H groups in total. The largest absolute Gasteiger partial charge is 0.475 e. The van der Waals surface area contributed by atoms with Crippen molar-refractivity contribution in [2.75, 3.05) is 14.1 Å². The van der Waals surface area contributed by atoms with Gasteiger partial charge in [0.05, 0.1) is 23.8 Å². The third kappa shape index (κ3) is 5.25. The quantitative estimate of drug-likeness (QED) is 0.818. The summed E-state index contributed by atoms with van der Waals surface area (Å²) in [6.45, 7) is 8.01. The molecule has 0 saturated heterocycles. The van der Waals surface area contributed by atoms with Gasteiger partial charge < -0.3 is 19.5 Å². The molecule has 0 radical (unpaired) electrons. The number of ether oxygens (including phenoxy) is 1. The average molecular weight is 347 g/mol. The van der Waals surface area contributed by atoms with E-state index in [1.165, 1.54) is 6.20 Å². The molecule has 0 unspecified atom stereocenters. The fraction of sp³-hybridized carbons (Fsp3) is 0.529. The Kier molecular flexibility index (Phi) is 5.73. The van der Waals surface area contributed by atoms with Gasteiger partial charge in [0.15, 0.2) is 5.82 Å². The van der Waals surface area contributed by atoms with E-state index in [1.807, 2.05) is 46.7 Å². The first-order chi connectivity index (χ1) is 11.7. The third-order valence-corrected chi connectivity index (χ3v) is 3.26. The van der Waals surface area contributed by atoms with Crippen molar-refractivity contribution in [3.05, 3.63) is 35.6 Å². The van der Waals surface area contributed by atoms with Crippen LogP contribution in [0.1, 0.15) is 49.8 Å². The number of carbonyl (C=O) groups is 1. The highest BCUT2D eigenvalue weighted by molar-refractivity contribution is 5.94. The van der Waals surface area contributed by atoms with Gasteiger partial charge in [-0.2, -0.15) is 4.98 Å². The number of carbonyl (C=O) groups excluding carboxylic acids is 1. The molecular weight excluding hydrogens is 322 g/mol. The summed E-state index contributed by atoms with van der Waals surface area (Å²) in [4.78, 5) is 22.9. The number of rotatable bonds is 7. The van der Waals surface area contributed by atoms with Gasteiger partial charge in [-0.3, -0.25) is 4.79 Å². The van der Waals surface area contributed by atoms with Gasteiger partial charge in [0.2, 0.25) is 11.8 Å². The molecule has 25 heavy (non-hydrogen) atoms. The minimum absolute atomic E-state index is 0.0284. The number of hydrogen-bond donors (Lipinski definition) is 1. The first-order valence-electron chi connectivity index (χ1n) is 8.10. The predicted molar refractivity (Wildman–Crippen MR) is 92.2 cm³/mol. The highest BCUT2D eigenvalue weighted by Crippen LogP contribution is 2.18. The fourth-order valence-corrected chi connectivity index (χ4v) is 2.08. The maximum atomic E-state index is 12.5. The lowest BCUT2D eigenvalue weighted by atomic mass is 10.0. The van der Waals surface area contributed by atoms with Crippen LogP contribution in [0.15, 0.2) is 22.9 Å². The van der Waals surface area contributed by atoms with Gasteiger partial charge in [-0.1, -0.05) is 5.16 Å². The molecule has 8 nitrogen and oxygen atoms in total. The molecule has 1 amide bonds. The number of hydrogen-bond acceptors (Lipinski definition) is 7. The second-order valence-electron chi connectivity index (χ2n) is 6.88. The Hall–Kier alpha value is -2.48. The van der Waals surface area contributed by atoms with Crippen molar-refractivity contribution >= 4 is 5.91 Å². The molecule has 2 rings (SSSR count). The molecule has 0 fully saturated rings. The summed E-state index contributed by atoms with van der Waals surface area (Å²) in [7, 11) is 3.83. The highest BCUT2D eigenvalue weighted by atomic mass is 16.5. The second kappa shape index (κ2) is 7.60. The van der Waals surface area contributed by atoms with Gasteiger partial charge in [0.25, 0.3) is 5.91 Å². The van der Waals surface area contributed by atoms with Crippen LogP contribution in [0, 0.1) is 0 Å². The van der Waals surface area contributed by atoms with E-state index in [4.69, 9.17) is 9.26 Å². The molecule has 0 atom stereocenters. The van der Waals surface area contributed by atoms with Crippen LogP contribution >= 0.6 is 0 Å². The minimum atomic E-state index is -0.780. The lowest BCUT2D eigenvalue weighted by Crippen LogP contribution is -2.42. The molecule has 0 aliphatic carbocycles. The first-order valence-corrected chi connectivity index (χ1v) is 8.10. The summed E-state index contributed by atoms with van der Waals surface area (Å²) >= 11 is 0. The van der Waals surface area contributed by atoms with Crippen molar-refractivity contribution in [3.63, 3.8) is 0 Å². The van der Waals surface area contributed by atoms with E-state index in [0.717, 1.165) is 0 Å². The van der Waals surface area contributed by atoms with Crippen molar-refractivity contribution < 1.29 is 14.1 Å². The monoisotopic (exact) mass is 347 g/mol. The Morgan fingerprint density at radius 3 is 2.64 bits per heavy atom. The molecule has 2 aromatic rings. The van der Waals surface area contributed by atoms with Crippen LogP contribution in [0.25, 0.3) is 0 Å². The number of aromatic nitrogens is 3. The van der Waals surface area contributed by atoms with Crippen molar-refractivity contribution in [1.82, 2.24) is 25.3 Å². The van der Waals surface area contributed by atoms with Crippen LogP contribution in [0.3, 0.4) is 0 Å². The van der Waals surface area contributed by atoms with Crippen molar-refractivity contribution in [1.29, 1.82) is 0 Å². The summed E-state index contributed by atoms with van der Waals surface area (Å²) in [5, 5.41) is 6.87. The van der Waals surface area contributed by atoms with E-state index in [1.54, 1.807) is 12.1 Å². The van der Waals surface area contributed by atoms with E-state index in [2.05, 4.69) is 20.4 Å². The summed E-state index contributed by atoms with van der Waals surface area (Å²) in [6.07, 6.45) is 1.51. The molecule has 136 valence electrons. The maximum absolute atomic E-state index is 12.5. The lowest BCUT2D eigenvalue weighted by Gasteiger charge is -2.22. The Bertz CT molecular complexity index is 707. The Balaban J connectivity index is 2.06. The van der Waals surface area contributed by atoms with E-state index < -0.39 is 5.54 Å². The molecule has 0 aliphatic heterocycles. The van der Waals surface area contributed by atoms with Crippen LogP contribution in [-0.4, -0.2) is 46.1 Å². The highest BCUT2D eigenvalue weighted by Gasteiger charge is 2.29. The standard InChI is InChI=1S/C17H25N5O3/c1-11(2)24-13-8-7-12(9-18-13)15(23)20-17(3,4)16-19-14(25-21-16)10-22(5)6/h7-9,11H,10H2,1-6H3,(H,20,23).